The Labute approximate surface area is 95.2 Å². The van der Waals surface area contributed by atoms with Crippen LogP contribution in [0.25, 0.3) is 0 Å². The van der Waals surface area contributed by atoms with Gasteiger partial charge < -0.3 is 0 Å². The monoisotopic (exact) mass is 212 g/mol. The Hall–Kier alpha value is -0.430. The first-order valence-electron chi connectivity index (χ1n) is 5.32. The van der Waals surface area contributed by atoms with Gasteiger partial charge in [0.1, 0.15) is 0 Å². The molecular formula is C13H24S. The van der Waals surface area contributed by atoms with Crippen molar-refractivity contribution in [3.05, 3.63) is 36.5 Å². The minimum atomic E-state index is 0.252. The molecule has 0 N–H and O–H groups in total. The standard InChI is InChI=1S/C11H18S.C2H6/c1-5-7-9(3)11(8-6-2)10(4)12;1-2/h6,8,10,12H,2-3,5,7H2,1,4H3;1-2H3/b11-8+;. The van der Waals surface area contributed by atoms with Gasteiger partial charge in [0.25, 0.3) is 0 Å². The van der Waals surface area contributed by atoms with Gasteiger partial charge in [-0.1, -0.05) is 58.1 Å². The molecule has 14 heavy (non-hydrogen) atoms. The predicted molar refractivity (Wildman–Crippen MR) is 72.1 cm³/mol. The lowest BCUT2D eigenvalue weighted by Crippen LogP contribution is -1.99. The van der Waals surface area contributed by atoms with Crippen molar-refractivity contribution in [2.75, 3.05) is 0 Å². The van der Waals surface area contributed by atoms with Crippen molar-refractivity contribution in [3.63, 3.8) is 0 Å². The second kappa shape index (κ2) is 10.6. The first-order valence-corrected chi connectivity index (χ1v) is 5.84. The third kappa shape index (κ3) is 7.02. The van der Waals surface area contributed by atoms with Crippen molar-refractivity contribution < 1.29 is 0 Å². The molecule has 82 valence electrons. The first-order chi connectivity index (χ1) is 6.63. The number of allylic oxidation sites excluding steroid dienone is 3. The second-order valence-electron chi connectivity index (χ2n) is 2.89. The molecule has 0 fully saturated rings. The molecule has 1 atom stereocenters. The molecule has 0 aliphatic rings. The van der Waals surface area contributed by atoms with Gasteiger partial charge in [-0.2, -0.15) is 12.6 Å². The summed E-state index contributed by atoms with van der Waals surface area (Å²) in [4.78, 5) is 0. The van der Waals surface area contributed by atoms with Crippen LogP contribution >= 0.6 is 12.6 Å². The van der Waals surface area contributed by atoms with Crippen LogP contribution in [0.2, 0.25) is 0 Å². The van der Waals surface area contributed by atoms with E-state index < -0.39 is 0 Å². The molecule has 0 amide bonds. The average molecular weight is 212 g/mol. The Bertz CT molecular complexity index is 187. The zero-order valence-electron chi connectivity index (χ0n) is 10.0. The highest BCUT2D eigenvalue weighted by Gasteiger charge is 2.05. The first kappa shape index (κ1) is 16.0. The summed E-state index contributed by atoms with van der Waals surface area (Å²) in [6, 6.07) is 0. The summed E-state index contributed by atoms with van der Waals surface area (Å²) in [5.41, 5.74) is 2.38. The number of hydrogen-bond donors (Lipinski definition) is 1. The highest BCUT2D eigenvalue weighted by Crippen LogP contribution is 2.20. The molecule has 0 saturated heterocycles. The van der Waals surface area contributed by atoms with Crippen LogP contribution in [0.4, 0.5) is 0 Å². The van der Waals surface area contributed by atoms with Gasteiger partial charge in [-0.25, -0.2) is 0 Å². The van der Waals surface area contributed by atoms with Crippen molar-refractivity contribution in [2.45, 2.75) is 45.8 Å². The van der Waals surface area contributed by atoms with Crippen molar-refractivity contribution >= 4 is 12.6 Å². The van der Waals surface area contributed by atoms with E-state index in [1.807, 2.05) is 19.9 Å². The fourth-order valence-electron chi connectivity index (χ4n) is 1.13. The summed E-state index contributed by atoms with van der Waals surface area (Å²) in [5.74, 6) is 0. The van der Waals surface area contributed by atoms with E-state index in [0.717, 1.165) is 12.8 Å². The van der Waals surface area contributed by atoms with Crippen LogP contribution in [-0.2, 0) is 0 Å². The van der Waals surface area contributed by atoms with Crippen molar-refractivity contribution in [2.24, 2.45) is 0 Å². The van der Waals surface area contributed by atoms with E-state index >= 15 is 0 Å². The largest absolute Gasteiger partial charge is 0.171 e. The van der Waals surface area contributed by atoms with E-state index in [1.54, 1.807) is 6.08 Å². The van der Waals surface area contributed by atoms with Crippen LogP contribution in [-0.4, -0.2) is 5.25 Å². The lowest BCUT2D eigenvalue weighted by Gasteiger charge is -2.12. The third-order valence-corrected chi connectivity index (χ3v) is 1.99. The number of rotatable bonds is 5. The van der Waals surface area contributed by atoms with Crippen molar-refractivity contribution in [1.29, 1.82) is 0 Å². The zero-order valence-corrected chi connectivity index (χ0v) is 10.9. The minimum Gasteiger partial charge on any atom is -0.171 e. The van der Waals surface area contributed by atoms with E-state index in [0.29, 0.717) is 0 Å². The Morgan fingerprint density at radius 3 is 2.21 bits per heavy atom. The molecule has 0 spiro atoms. The quantitative estimate of drug-likeness (QED) is 0.491. The maximum absolute atomic E-state index is 4.38. The molecule has 0 aromatic carbocycles. The molecule has 0 nitrogen and oxygen atoms in total. The minimum absolute atomic E-state index is 0.252. The molecule has 1 heteroatoms. The van der Waals surface area contributed by atoms with Crippen molar-refractivity contribution in [3.8, 4) is 0 Å². The highest BCUT2D eigenvalue weighted by molar-refractivity contribution is 7.81. The van der Waals surface area contributed by atoms with Crippen LogP contribution in [0.3, 0.4) is 0 Å². The Morgan fingerprint density at radius 2 is 1.93 bits per heavy atom. The Balaban J connectivity index is 0. The number of hydrogen-bond acceptors (Lipinski definition) is 1. The smallest absolute Gasteiger partial charge is 0.0241 e. The maximum atomic E-state index is 4.38. The predicted octanol–water partition coefficient (Wildman–Crippen LogP) is 4.80. The Kier molecular flexibility index (Phi) is 12.2. The van der Waals surface area contributed by atoms with E-state index in [4.69, 9.17) is 0 Å². The van der Waals surface area contributed by atoms with Crippen LogP contribution in [0.5, 0.6) is 0 Å². The van der Waals surface area contributed by atoms with Gasteiger partial charge in [-0.05, 0) is 18.9 Å². The summed E-state index contributed by atoms with van der Waals surface area (Å²) in [6.45, 7) is 15.9. The highest BCUT2D eigenvalue weighted by atomic mass is 32.1. The third-order valence-electron chi connectivity index (χ3n) is 1.71. The van der Waals surface area contributed by atoms with Crippen LogP contribution in [0, 0.1) is 0 Å². The molecule has 0 radical (unpaired) electrons. The number of thiol groups is 1. The van der Waals surface area contributed by atoms with Gasteiger partial charge in [-0.15, -0.1) is 0 Å². The summed E-state index contributed by atoms with van der Waals surface area (Å²) in [6.07, 6.45) is 5.97. The molecule has 0 aliphatic heterocycles. The second-order valence-corrected chi connectivity index (χ2v) is 3.66. The molecule has 0 aromatic rings. The normalized spacial score (nSPS) is 12.5. The van der Waals surface area contributed by atoms with Gasteiger partial charge in [0.2, 0.25) is 0 Å². The lowest BCUT2D eigenvalue weighted by atomic mass is 10.0. The summed E-state index contributed by atoms with van der Waals surface area (Å²) in [7, 11) is 0. The van der Waals surface area contributed by atoms with Crippen molar-refractivity contribution in [1.82, 2.24) is 0 Å². The summed E-state index contributed by atoms with van der Waals surface area (Å²) < 4.78 is 0. The molecule has 0 aliphatic carbocycles. The van der Waals surface area contributed by atoms with Crippen LogP contribution < -0.4 is 0 Å². The van der Waals surface area contributed by atoms with E-state index in [9.17, 15) is 0 Å². The van der Waals surface area contributed by atoms with E-state index in [2.05, 4.69) is 39.6 Å². The molecule has 0 heterocycles. The molecule has 0 saturated carbocycles. The summed E-state index contributed by atoms with van der Waals surface area (Å²) in [5, 5.41) is 0.252. The zero-order chi connectivity index (χ0) is 11.6. The van der Waals surface area contributed by atoms with E-state index in [-0.39, 0.29) is 5.25 Å². The fraction of sp³-hybridized carbons (Fsp3) is 0.538. The summed E-state index contributed by atoms with van der Waals surface area (Å²) >= 11 is 4.38. The molecule has 0 bridgehead atoms. The fourth-order valence-corrected chi connectivity index (χ4v) is 1.39. The Morgan fingerprint density at radius 1 is 1.43 bits per heavy atom. The van der Waals surface area contributed by atoms with Crippen LogP contribution in [0.1, 0.15) is 40.5 Å². The van der Waals surface area contributed by atoms with Gasteiger partial charge in [-0.3, -0.25) is 0 Å². The topological polar surface area (TPSA) is 0 Å². The van der Waals surface area contributed by atoms with Crippen LogP contribution in [0.15, 0.2) is 36.5 Å². The lowest BCUT2D eigenvalue weighted by molar-refractivity contribution is 0.902. The van der Waals surface area contributed by atoms with Gasteiger partial charge >= 0.3 is 0 Å². The molecular weight excluding hydrogens is 188 g/mol. The van der Waals surface area contributed by atoms with Gasteiger partial charge in [0.05, 0.1) is 0 Å². The van der Waals surface area contributed by atoms with Gasteiger partial charge in [0, 0.05) is 5.25 Å². The van der Waals surface area contributed by atoms with Gasteiger partial charge in [0.15, 0.2) is 0 Å². The molecule has 0 rings (SSSR count). The SMILES string of the molecule is C=C/C=C(\C(=C)CCC)C(C)S.CC. The molecule has 0 aromatic heterocycles. The maximum Gasteiger partial charge on any atom is 0.0241 e. The van der Waals surface area contributed by atoms with E-state index in [1.165, 1.54) is 11.1 Å². The average Bonchev–Trinajstić information content (AvgIpc) is 2.17. The molecule has 1 unspecified atom stereocenters.